The van der Waals surface area contributed by atoms with Crippen molar-refractivity contribution in [2.45, 2.75) is 178 Å². The fraction of sp³-hybridized carbons (Fsp3) is 0.304. The molecule has 10 aromatic heterocycles. The Labute approximate surface area is 811 Å². The van der Waals surface area contributed by atoms with Crippen molar-refractivity contribution >= 4 is 158 Å². The van der Waals surface area contributed by atoms with Crippen LogP contribution in [0.25, 0.3) is 158 Å². The summed E-state index contributed by atoms with van der Waals surface area (Å²) in [5, 5.41) is 5.83. The monoisotopic (exact) mass is 1910 g/mol. The molecule has 0 unspecified atom stereocenters. The maximum Gasteiger partial charge on any atom is 0.394 e. The Morgan fingerprint density at radius 2 is 0.669 bits per heavy atom. The minimum absolute atomic E-state index is 0.0614. The van der Waals surface area contributed by atoms with Crippen molar-refractivity contribution < 1.29 is 49.2 Å². The van der Waals surface area contributed by atoms with E-state index >= 15 is 0 Å². The first-order valence-corrected chi connectivity index (χ1v) is 51.0. The average Bonchev–Trinajstić information content (AvgIpc) is 1.60. The fourth-order valence-corrected chi connectivity index (χ4v) is 26.4. The molecule has 2 aliphatic rings. The zero-order chi connectivity index (χ0) is 95.8. The maximum atomic E-state index is 13.5. The number of rotatable bonds is 12. The molecule has 20 aromatic rings. The normalized spacial score (nSPS) is 13.6. The molecule has 692 valence electrons. The van der Waals surface area contributed by atoms with Crippen molar-refractivity contribution in [3.8, 4) is 56.3 Å². The minimum Gasteiger partial charge on any atom is -0.231 e. The predicted molar refractivity (Wildman–Crippen MR) is 555 cm³/mol. The summed E-state index contributed by atoms with van der Waals surface area (Å²) in [7, 11) is 10.2. The molecule has 0 atom stereocenters. The van der Waals surface area contributed by atoms with Crippen LogP contribution in [0, 0.1) is 50.9 Å². The third-order valence-electron chi connectivity index (χ3n) is 27.4. The number of alkyl halides is 6. The van der Waals surface area contributed by atoms with Gasteiger partial charge in [-0.25, -0.2) is 22.8 Å². The van der Waals surface area contributed by atoms with Crippen molar-refractivity contribution in [1.29, 1.82) is 0 Å². The zero-order valence-electron chi connectivity index (χ0n) is 80.3. The smallest absolute Gasteiger partial charge is 0.231 e. The van der Waals surface area contributed by atoms with Crippen molar-refractivity contribution in [1.82, 2.24) is 24.9 Å². The van der Waals surface area contributed by atoms with Gasteiger partial charge in [-0.15, -0.1) is 56.7 Å². The number of benzene rings is 10. The van der Waals surface area contributed by atoms with Crippen LogP contribution in [0.4, 0.5) is 26.3 Å². The van der Waals surface area contributed by atoms with Crippen LogP contribution in [0.3, 0.4) is 0 Å². The minimum atomic E-state index is -4.27. The first-order valence-electron chi connectivity index (χ1n) is 46.9. The van der Waals surface area contributed by atoms with Gasteiger partial charge in [0.05, 0.1) is 46.1 Å². The third kappa shape index (κ3) is 18.7. The number of aryl methyl sites for hydroxylation is 10. The van der Waals surface area contributed by atoms with E-state index in [0.29, 0.717) is 11.1 Å². The lowest BCUT2D eigenvalue weighted by molar-refractivity contribution is -0.662. The molecule has 2 fully saturated rings. The molecule has 0 N–H and O–H groups in total. The number of halogens is 6. The second-order valence-electron chi connectivity index (χ2n) is 39.7. The molecule has 2 saturated carbocycles. The molecule has 0 bridgehead atoms. The summed E-state index contributed by atoms with van der Waals surface area (Å²) in [6, 6.07) is 74.2. The molecule has 10 nitrogen and oxygen atoms in total. The van der Waals surface area contributed by atoms with E-state index in [1.54, 1.807) is 53.0 Å². The molecule has 21 heteroatoms. The van der Waals surface area contributed by atoms with Crippen LogP contribution >= 0.6 is 56.7 Å². The molecule has 0 amide bonds. The van der Waals surface area contributed by atoms with Gasteiger partial charge in [-0.1, -0.05) is 232 Å². The van der Waals surface area contributed by atoms with Gasteiger partial charge in [0.1, 0.15) is 23.5 Å². The second kappa shape index (κ2) is 38.0. The van der Waals surface area contributed by atoms with Gasteiger partial charge >= 0.3 is 12.4 Å². The summed E-state index contributed by atoms with van der Waals surface area (Å²) in [4.78, 5) is 23.7. The van der Waals surface area contributed by atoms with E-state index in [4.69, 9.17) is 15.0 Å². The number of aromatic nitrogens is 10. The topological polar surface area (TPSA) is 83.8 Å². The highest BCUT2D eigenvalue weighted by Crippen LogP contribution is 2.50. The van der Waals surface area contributed by atoms with E-state index in [9.17, 15) is 26.3 Å². The molecule has 0 radical (unpaired) electrons. The molecule has 22 rings (SSSR count). The second-order valence-corrected chi connectivity index (χ2v) is 45.0. The molecule has 10 heterocycles. The van der Waals surface area contributed by atoms with Gasteiger partial charge in [-0.2, -0.15) is 26.3 Å². The van der Waals surface area contributed by atoms with E-state index in [2.05, 4.69) is 245 Å². The SMILES string of the molecule is Cc1ccc(CC(C)(C)C(F)(F)F)cc1-c1c2sc3ccccc3c2nc[n+]1C.Cc1ccccc1-c1c2sc3c(C4CCCC4)cccc3c2nc[n+]1C.Cc1ccccc1-c1c2sc3cc(C4CCCC4)ccc3c2nc[n+]1C.Cc1ccccc1-c1c2sc3ccc(CC(C)(C)C)cc3c2nc[n+]1C.Cc1ccccc1-c1c2sc3cccc(CC(C)(C)C(F)(F)F)c3c2nc[n+]1C. The summed E-state index contributed by atoms with van der Waals surface area (Å²) >= 11 is 8.94. The Kier molecular flexibility index (Phi) is 26.4. The average molecular weight is 1910 g/mol. The summed E-state index contributed by atoms with van der Waals surface area (Å²) < 4.78 is 103. The van der Waals surface area contributed by atoms with Crippen molar-refractivity contribution in [3.63, 3.8) is 0 Å². The van der Waals surface area contributed by atoms with Gasteiger partial charge in [-0.05, 0) is 232 Å². The lowest BCUT2D eigenvalue weighted by Gasteiger charge is -2.28. The first kappa shape index (κ1) is 94.6. The summed E-state index contributed by atoms with van der Waals surface area (Å²) in [5.74, 6) is 1.48. The fourth-order valence-electron chi connectivity index (χ4n) is 19.9. The van der Waals surface area contributed by atoms with Crippen LogP contribution in [0.2, 0.25) is 0 Å². The number of fused-ring (bicyclic) bond motifs is 15. The van der Waals surface area contributed by atoms with Crippen molar-refractivity contribution in [2.24, 2.45) is 51.5 Å². The first-order chi connectivity index (χ1) is 65.0. The van der Waals surface area contributed by atoms with Crippen LogP contribution in [-0.2, 0) is 54.5 Å². The van der Waals surface area contributed by atoms with Crippen LogP contribution in [0.1, 0.15) is 167 Å². The van der Waals surface area contributed by atoms with Gasteiger partial charge in [0.2, 0.25) is 27.6 Å². The van der Waals surface area contributed by atoms with E-state index in [0.717, 1.165) is 109 Å². The summed E-state index contributed by atoms with van der Waals surface area (Å²) in [5.41, 5.74) is 25.5. The standard InChI is InChI=1S/2C23H22F3N2S.2C23H23N2S.C23H25N2S/c1-14-8-5-6-10-16(14)20-21-19(27-13-28(20)4)18-15(9-7-11-17(18)29-21)12-22(2,3)23(24,25)26;1-14-9-10-15(12-22(2,3)23(24,25)26)11-17(14)20-21-19(27-13-28(20)4)16-7-5-6-8-18(16)29-21;1-15-8-3-6-11-17(15)21-23-20(24-14-25(21)2)19-13-7-12-18(22(19)26-23)16-9-4-5-10-16;1-15-7-3-6-10-18(15)22-23-21(24-14-25(22)2)19-12-11-17(13-20(19)26-23)16-8-4-5-9-16;1-15-8-6-7-9-17(15)21-22-20(24-14-25(21)5)18-12-16(13-23(2,3)4)10-11-19(18)26-22/h2*5-11,13H,12H2,1-4H3;3,6-8,11-14,16H,4-5,9-10H2,1-2H3;3,6-7,10-14,16H,4-5,8-9H2,1-2H3;6-12,14H,13H2,1-5H3/q5*+1. The Morgan fingerprint density at radius 1 is 0.301 bits per heavy atom. The largest absolute Gasteiger partial charge is 0.394 e. The van der Waals surface area contributed by atoms with Gasteiger partial charge in [0.15, 0.2) is 28.5 Å². The Hall–Kier alpha value is -11.7. The van der Waals surface area contributed by atoms with E-state index < -0.39 is 23.2 Å². The molecule has 0 spiro atoms. The third-order valence-corrected chi connectivity index (χ3v) is 33.3. The summed E-state index contributed by atoms with van der Waals surface area (Å²) in [6.07, 6.45) is 12.7. The summed E-state index contributed by atoms with van der Waals surface area (Å²) in [6.45, 7) is 22.5. The number of thiophene rings is 5. The van der Waals surface area contributed by atoms with Gasteiger partial charge in [-0.3, -0.25) is 0 Å². The molecule has 0 aliphatic heterocycles. The van der Waals surface area contributed by atoms with Crippen molar-refractivity contribution in [2.75, 3.05) is 0 Å². The van der Waals surface area contributed by atoms with E-state index in [-0.39, 0.29) is 18.3 Å². The van der Waals surface area contributed by atoms with Gasteiger partial charge < -0.3 is 0 Å². The number of nitrogens with zero attached hydrogens (tertiary/aromatic N) is 10. The predicted octanol–water partition coefficient (Wildman–Crippen LogP) is 30.4. The quantitative estimate of drug-likeness (QED) is 0.0899. The lowest BCUT2D eigenvalue weighted by Crippen LogP contribution is -2.34. The molecule has 10 aromatic carbocycles. The Balaban J connectivity index is 0.000000113. The zero-order valence-corrected chi connectivity index (χ0v) is 84.4. The molecular weight excluding hydrogens is 1800 g/mol. The molecule has 136 heavy (non-hydrogen) atoms. The van der Waals surface area contributed by atoms with Crippen LogP contribution < -0.4 is 22.8 Å². The Bertz CT molecular complexity index is 7970. The number of hydrogen-bond donors (Lipinski definition) is 0. The van der Waals surface area contributed by atoms with E-state index in [1.165, 1.54) is 185 Å². The maximum absolute atomic E-state index is 13.5. The van der Waals surface area contributed by atoms with Gasteiger partial charge in [0, 0.05) is 78.2 Å². The number of hydrogen-bond acceptors (Lipinski definition) is 10. The van der Waals surface area contributed by atoms with E-state index in [1.807, 2.05) is 132 Å². The Morgan fingerprint density at radius 3 is 1.17 bits per heavy atom. The highest BCUT2D eigenvalue weighted by atomic mass is 32.1. The van der Waals surface area contributed by atoms with Crippen LogP contribution in [0.15, 0.2) is 244 Å². The molecule has 2 aliphatic carbocycles. The van der Waals surface area contributed by atoms with Crippen LogP contribution in [-0.4, -0.2) is 37.3 Å². The lowest BCUT2D eigenvalue weighted by atomic mass is 9.84. The highest BCUT2D eigenvalue weighted by Gasteiger charge is 2.49. The van der Waals surface area contributed by atoms with Gasteiger partial charge in [0.25, 0.3) is 31.6 Å². The molecular formula is C115H115F6N10S5+5. The van der Waals surface area contributed by atoms with Crippen molar-refractivity contribution in [3.05, 3.63) is 300 Å². The molecule has 0 saturated heterocycles. The highest BCUT2D eigenvalue weighted by molar-refractivity contribution is 7.28. The van der Waals surface area contributed by atoms with Crippen LogP contribution in [0.5, 0.6) is 0 Å².